The van der Waals surface area contributed by atoms with Gasteiger partial charge in [-0.15, -0.1) is 0 Å². The maximum absolute atomic E-state index is 13.5. The fourth-order valence-electron chi connectivity index (χ4n) is 2.38. The molecule has 5 nitrogen and oxygen atoms in total. The Morgan fingerprint density at radius 1 is 1.20 bits per heavy atom. The van der Waals surface area contributed by atoms with Crippen LogP contribution in [0.25, 0.3) is 0 Å². The molecule has 1 aliphatic rings. The van der Waals surface area contributed by atoms with Crippen molar-refractivity contribution in [1.82, 2.24) is 0 Å². The molecule has 1 heterocycles. The summed E-state index contributed by atoms with van der Waals surface area (Å²) in [5.41, 5.74) is 1.02. The van der Waals surface area contributed by atoms with Gasteiger partial charge in [0.15, 0.2) is 6.29 Å². The molecule has 0 saturated carbocycles. The van der Waals surface area contributed by atoms with Crippen molar-refractivity contribution < 1.29 is 23.4 Å². The topological polar surface area (TPSA) is 68.5 Å². The molecule has 0 spiro atoms. The number of hydrogen-bond acceptors (Lipinski definition) is 5. The maximum Gasteiger partial charge on any atom is 0.343 e. The molecule has 0 radical (unpaired) electrons. The zero-order valence-electron chi connectivity index (χ0n) is 13.6. The quantitative estimate of drug-likeness (QED) is 0.630. The first-order valence-electron chi connectivity index (χ1n) is 7.82. The summed E-state index contributed by atoms with van der Waals surface area (Å²) >= 11 is 0. The third-order valence-electron chi connectivity index (χ3n) is 3.75. The van der Waals surface area contributed by atoms with Gasteiger partial charge in [-0.2, -0.15) is 5.26 Å². The number of nitriles is 1. The van der Waals surface area contributed by atoms with Crippen molar-refractivity contribution in [2.24, 2.45) is 5.92 Å². The molecule has 0 bridgehead atoms. The van der Waals surface area contributed by atoms with Crippen LogP contribution >= 0.6 is 0 Å². The van der Waals surface area contributed by atoms with E-state index in [2.05, 4.69) is 0 Å². The van der Waals surface area contributed by atoms with E-state index in [9.17, 15) is 9.18 Å². The number of carbonyl (C=O) groups is 1. The van der Waals surface area contributed by atoms with Gasteiger partial charge in [0, 0.05) is 17.5 Å². The molecule has 25 heavy (non-hydrogen) atoms. The minimum absolute atomic E-state index is 0.0403. The number of halogens is 1. The van der Waals surface area contributed by atoms with Crippen molar-refractivity contribution in [2.75, 3.05) is 13.2 Å². The van der Waals surface area contributed by atoms with Crippen molar-refractivity contribution in [3.8, 4) is 11.8 Å². The van der Waals surface area contributed by atoms with Gasteiger partial charge < -0.3 is 14.2 Å². The SMILES string of the molecule is CC1COC(c2ccc(C(=O)Oc3ccc(C#N)c(F)c3)cc2)OC1. The van der Waals surface area contributed by atoms with E-state index in [-0.39, 0.29) is 11.3 Å². The Morgan fingerprint density at radius 2 is 1.88 bits per heavy atom. The minimum atomic E-state index is -0.732. The van der Waals surface area contributed by atoms with Crippen molar-refractivity contribution in [3.05, 3.63) is 65.0 Å². The van der Waals surface area contributed by atoms with Crippen LogP contribution in [0.2, 0.25) is 0 Å². The van der Waals surface area contributed by atoms with Crippen molar-refractivity contribution in [2.45, 2.75) is 13.2 Å². The molecular formula is C19H16FNO4. The van der Waals surface area contributed by atoms with Gasteiger partial charge in [-0.1, -0.05) is 19.1 Å². The van der Waals surface area contributed by atoms with Crippen molar-refractivity contribution >= 4 is 5.97 Å². The van der Waals surface area contributed by atoms with E-state index in [4.69, 9.17) is 19.5 Å². The van der Waals surface area contributed by atoms with E-state index in [0.717, 1.165) is 11.6 Å². The van der Waals surface area contributed by atoms with E-state index in [1.54, 1.807) is 30.3 Å². The number of ether oxygens (including phenoxy) is 3. The number of esters is 1. The van der Waals surface area contributed by atoms with Crippen LogP contribution in [0.3, 0.4) is 0 Å². The van der Waals surface area contributed by atoms with Gasteiger partial charge in [0.2, 0.25) is 0 Å². The van der Waals surface area contributed by atoms with E-state index in [0.29, 0.717) is 24.7 Å². The van der Waals surface area contributed by atoms with E-state index in [1.165, 1.54) is 12.1 Å². The zero-order valence-corrected chi connectivity index (χ0v) is 13.6. The molecule has 0 amide bonds. The zero-order chi connectivity index (χ0) is 17.8. The standard InChI is InChI=1S/C19H16FNO4/c1-12-10-23-19(24-11-12)14-4-2-13(3-5-14)18(22)25-16-7-6-15(9-21)17(20)8-16/h2-8,12,19H,10-11H2,1H3. The van der Waals surface area contributed by atoms with E-state index in [1.807, 2.05) is 6.92 Å². The predicted octanol–water partition coefficient (Wildman–Crippen LogP) is 3.60. The third kappa shape index (κ3) is 4.02. The Labute approximate surface area is 144 Å². The monoisotopic (exact) mass is 341 g/mol. The lowest BCUT2D eigenvalue weighted by Gasteiger charge is -2.27. The molecule has 2 aromatic rings. The fraction of sp³-hybridized carbons (Fsp3) is 0.263. The summed E-state index contributed by atoms with van der Waals surface area (Å²) in [5.74, 6) is -0.949. The van der Waals surface area contributed by atoms with Crippen LogP contribution in [-0.4, -0.2) is 19.2 Å². The first kappa shape index (κ1) is 17.1. The number of carbonyl (C=O) groups excluding carboxylic acids is 1. The molecule has 2 aromatic carbocycles. The van der Waals surface area contributed by atoms with Crippen LogP contribution in [0.5, 0.6) is 5.75 Å². The number of hydrogen-bond donors (Lipinski definition) is 0. The molecule has 0 aliphatic carbocycles. The Bertz CT molecular complexity index is 805. The Kier molecular flexibility index (Phi) is 5.08. The molecule has 0 N–H and O–H groups in total. The second-order valence-corrected chi connectivity index (χ2v) is 5.87. The second-order valence-electron chi connectivity index (χ2n) is 5.87. The average molecular weight is 341 g/mol. The molecule has 1 aliphatic heterocycles. The number of benzene rings is 2. The van der Waals surface area contributed by atoms with Gasteiger partial charge in [0.05, 0.1) is 24.3 Å². The smallest absolute Gasteiger partial charge is 0.343 e. The summed E-state index contributed by atoms with van der Waals surface area (Å²) in [4.78, 5) is 12.1. The van der Waals surface area contributed by atoms with Crippen LogP contribution in [0.15, 0.2) is 42.5 Å². The molecule has 0 atom stereocenters. The van der Waals surface area contributed by atoms with E-state index < -0.39 is 18.1 Å². The highest BCUT2D eigenvalue weighted by atomic mass is 19.1. The average Bonchev–Trinajstić information content (AvgIpc) is 2.63. The summed E-state index contributed by atoms with van der Waals surface area (Å²) in [6.45, 7) is 3.29. The maximum atomic E-state index is 13.5. The van der Waals surface area contributed by atoms with Crippen molar-refractivity contribution in [1.29, 1.82) is 5.26 Å². The lowest BCUT2D eigenvalue weighted by molar-refractivity contribution is -0.202. The van der Waals surface area contributed by atoms with Gasteiger partial charge in [-0.25, -0.2) is 9.18 Å². The summed E-state index contributed by atoms with van der Waals surface area (Å²) in [7, 11) is 0. The molecule has 6 heteroatoms. The highest BCUT2D eigenvalue weighted by Crippen LogP contribution is 2.25. The van der Waals surface area contributed by atoms with Gasteiger partial charge >= 0.3 is 5.97 Å². The van der Waals surface area contributed by atoms with Crippen LogP contribution < -0.4 is 4.74 Å². The molecular weight excluding hydrogens is 325 g/mol. The lowest BCUT2D eigenvalue weighted by atomic mass is 10.1. The van der Waals surface area contributed by atoms with Crippen molar-refractivity contribution in [3.63, 3.8) is 0 Å². The third-order valence-corrected chi connectivity index (χ3v) is 3.75. The first-order chi connectivity index (χ1) is 12.1. The number of rotatable bonds is 3. The highest BCUT2D eigenvalue weighted by molar-refractivity contribution is 5.91. The summed E-state index contributed by atoms with van der Waals surface area (Å²) in [5, 5.41) is 8.70. The Morgan fingerprint density at radius 3 is 2.48 bits per heavy atom. The van der Waals surface area contributed by atoms with Gasteiger partial charge in [0.25, 0.3) is 0 Å². The largest absolute Gasteiger partial charge is 0.423 e. The number of nitrogens with zero attached hydrogens (tertiary/aromatic N) is 1. The highest BCUT2D eigenvalue weighted by Gasteiger charge is 2.21. The van der Waals surface area contributed by atoms with Crippen LogP contribution in [0, 0.1) is 23.1 Å². The van der Waals surface area contributed by atoms with Crippen LogP contribution in [0.1, 0.15) is 34.7 Å². The van der Waals surface area contributed by atoms with E-state index >= 15 is 0 Å². The molecule has 0 aromatic heterocycles. The predicted molar refractivity (Wildman–Crippen MR) is 86.3 cm³/mol. The molecule has 0 unspecified atom stereocenters. The van der Waals surface area contributed by atoms with Crippen LogP contribution in [0.4, 0.5) is 4.39 Å². The Balaban J connectivity index is 1.66. The summed E-state index contributed by atoms with van der Waals surface area (Å²) in [6, 6.07) is 12.0. The van der Waals surface area contributed by atoms with Gasteiger partial charge in [-0.05, 0) is 24.3 Å². The first-order valence-corrected chi connectivity index (χ1v) is 7.82. The molecule has 128 valence electrons. The second kappa shape index (κ2) is 7.43. The lowest BCUT2D eigenvalue weighted by Crippen LogP contribution is -2.25. The normalized spacial score (nSPS) is 19.9. The van der Waals surface area contributed by atoms with Crippen LogP contribution in [-0.2, 0) is 9.47 Å². The minimum Gasteiger partial charge on any atom is -0.423 e. The van der Waals surface area contributed by atoms with Gasteiger partial charge in [0.1, 0.15) is 17.6 Å². The fourth-order valence-corrected chi connectivity index (χ4v) is 2.38. The summed E-state index contributed by atoms with van der Waals surface area (Å²) < 4.78 is 29.9. The Hall–Kier alpha value is -2.75. The molecule has 3 rings (SSSR count). The van der Waals surface area contributed by atoms with Gasteiger partial charge in [-0.3, -0.25) is 0 Å². The summed E-state index contributed by atoms with van der Waals surface area (Å²) in [6.07, 6.45) is -0.436. The molecule has 1 saturated heterocycles. The molecule has 1 fully saturated rings.